The largest absolute Gasteiger partial charge is 0.348 e. The molecular formula is C18H26F2N6O2S. The van der Waals surface area contributed by atoms with Crippen LogP contribution in [0.4, 0.5) is 14.7 Å². The SMILES string of the molecule is CN1CC[C@@H](n2ccc3cnc(N[C@@H]4CCN(S(C)(=O)=O)C[C@H]4F)nc32)[C@@H](F)C1. The second kappa shape index (κ2) is 7.77. The molecule has 1 N–H and O–H groups in total. The van der Waals surface area contributed by atoms with E-state index < -0.39 is 28.4 Å². The van der Waals surface area contributed by atoms with Gasteiger partial charge in [0, 0.05) is 44.0 Å². The van der Waals surface area contributed by atoms with Gasteiger partial charge in [-0.15, -0.1) is 0 Å². The van der Waals surface area contributed by atoms with Crippen LogP contribution in [0.3, 0.4) is 0 Å². The Balaban J connectivity index is 1.52. The molecule has 4 rings (SSSR count). The van der Waals surface area contributed by atoms with Crippen molar-refractivity contribution in [3.63, 3.8) is 0 Å². The highest BCUT2D eigenvalue weighted by Gasteiger charge is 2.34. The number of anilines is 1. The maximum absolute atomic E-state index is 14.6. The first-order chi connectivity index (χ1) is 13.7. The summed E-state index contributed by atoms with van der Waals surface area (Å²) < 4.78 is 55.4. The van der Waals surface area contributed by atoms with E-state index in [-0.39, 0.29) is 25.1 Å². The van der Waals surface area contributed by atoms with Crippen molar-refractivity contribution in [3.05, 3.63) is 18.5 Å². The number of fused-ring (bicyclic) bond motifs is 1. The van der Waals surface area contributed by atoms with Crippen LogP contribution in [-0.2, 0) is 10.0 Å². The second-order valence-corrected chi connectivity index (χ2v) is 9.99. The zero-order valence-corrected chi connectivity index (χ0v) is 17.3. The number of rotatable bonds is 4. The monoisotopic (exact) mass is 428 g/mol. The Morgan fingerprint density at radius 2 is 1.97 bits per heavy atom. The van der Waals surface area contributed by atoms with Crippen molar-refractivity contribution < 1.29 is 17.2 Å². The van der Waals surface area contributed by atoms with Gasteiger partial charge in [0.2, 0.25) is 16.0 Å². The molecule has 4 atom stereocenters. The smallest absolute Gasteiger partial charge is 0.224 e. The van der Waals surface area contributed by atoms with E-state index in [1.165, 1.54) is 0 Å². The van der Waals surface area contributed by atoms with Gasteiger partial charge in [0.25, 0.3) is 0 Å². The van der Waals surface area contributed by atoms with Gasteiger partial charge in [0.1, 0.15) is 18.0 Å². The molecule has 0 aliphatic carbocycles. The lowest BCUT2D eigenvalue weighted by Gasteiger charge is -2.34. The third kappa shape index (κ3) is 4.22. The molecule has 29 heavy (non-hydrogen) atoms. The van der Waals surface area contributed by atoms with Gasteiger partial charge < -0.3 is 14.8 Å². The van der Waals surface area contributed by atoms with Crippen LogP contribution in [0.25, 0.3) is 11.0 Å². The zero-order chi connectivity index (χ0) is 20.8. The van der Waals surface area contributed by atoms with Gasteiger partial charge in [-0.25, -0.2) is 22.2 Å². The molecule has 8 nitrogen and oxygen atoms in total. The third-order valence-electron chi connectivity index (χ3n) is 5.81. The van der Waals surface area contributed by atoms with Crippen LogP contribution in [0.15, 0.2) is 18.5 Å². The number of hydrogen-bond acceptors (Lipinski definition) is 6. The number of halogens is 2. The molecule has 2 aromatic rings. The average molecular weight is 429 g/mol. The number of alkyl halides is 2. The highest BCUT2D eigenvalue weighted by atomic mass is 32.2. The lowest BCUT2D eigenvalue weighted by atomic mass is 10.0. The number of nitrogens with one attached hydrogen (secondary N) is 1. The molecule has 0 amide bonds. The minimum Gasteiger partial charge on any atom is -0.348 e. The summed E-state index contributed by atoms with van der Waals surface area (Å²) in [5.41, 5.74) is 0.615. The average Bonchev–Trinajstić information content (AvgIpc) is 3.05. The topological polar surface area (TPSA) is 83.4 Å². The molecule has 2 aliphatic heterocycles. The lowest BCUT2D eigenvalue weighted by molar-refractivity contribution is 0.109. The fourth-order valence-electron chi connectivity index (χ4n) is 4.14. The fourth-order valence-corrected chi connectivity index (χ4v) is 4.99. The number of hydrogen-bond donors (Lipinski definition) is 1. The molecule has 2 aromatic heterocycles. The quantitative estimate of drug-likeness (QED) is 0.793. The van der Waals surface area contributed by atoms with Gasteiger partial charge in [0.05, 0.1) is 18.3 Å². The Morgan fingerprint density at radius 3 is 2.66 bits per heavy atom. The summed E-state index contributed by atoms with van der Waals surface area (Å²) in [7, 11) is -1.51. The first-order valence-electron chi connectivity index (χ1n) is 9.74. The summed E-state index contributed by atoms with van der Waals surface area (Å²) in [5, 5.41) is 3.80. The predicted octanol–water partition coefficient (Wildman–Crippen LogP) is 1.43. The Bertz CT molecular complexity index is 984. The van der Waals surface area contributed by atoms with Crippen LogP contribution in [0.1, 0.15) is 18.9 Å². The Morgan fingerprint density at radius 1 is 1.17 bits per heavy atom. The van der Waals surface area contributed by atoms with Crippen molar-refractivity contribution in [2.24, 2.45) is 0 Å². The molecule has 0 spiro atoms. The Hall–Kier alpha value is -1.85. The summed E-state index contributed by atoms with van der Waals surface area (Å²) in [4.78, 5) is 10.8. The number of nitrogens with zero attached hydrogens (tertiary/aromatic N) is 5. The molecule has 160 valence electrons. The van der Waals surface area contributed by atoms with Crippen LogP contribution in [0.2, 0.25) is 0 Å². The molecule has 2 fully saturated rings. The highest BCUT2D eigenvalue weighted by Crippen LogP contribution is 2.29. The molecule has 0 bridgehead atoms. The number of likely N-dealkylation sites (tertiary alicyclic amines) is 1. The van der Waals surface area contributed by atoms with E-state index in [9.17, 15) is 17.2 Å². The van der Waals surface area contributed by atoms with Gasteiger partial charge in [-0.3, -0.25) is 0 Å². The van der Waals surface area contributed by atoms with E-state index in [4.69, 9.17) is 0 Å². The Kier molecular flexibility index (Phi) is 5.47. The van der Waals surface area contributed by atoms with Gasteiger partial charge in [-0.05, 0) is 26.0 Å². The third-order valence-corrected chi connectivity index (χ3v) is 7.08. The van der Waals surface area contributed by atoms with E-state index >= 15 is 0 Å². The molecule has 0 radical (unpaired) electrons. The summed E-state index contributed by atoms with van der Waals surface area (Å²) in [6, 6.07) is 0.983. The zero-order valence-electron chi connectivity index (χ0n) is 16.5. The van der Waals surface area contributed by atoms with Crippen molar-refractivity contribution >= 4 is 27.0 Å². The lowest BCUT2D eigenvalue weighted by Crippen LogP contribution is -2.49. The normalized spacial score (nSPS) is 29.9. The van der Waals surface area contributed by atoms with Crippen molar-refractivity contribution in [2.45, 2.75) is 37.3 Å². The number of sulfonamides is 1. The molecule has 0 saturated carbocycles. The maximum Gasteiger partial charge on any atom is 0.224 e. The van der Waals surface area contributed by atoms with E-state index in [0.29, 0.717) is 25.0 Å². The highest BCUT2D eigenvalue weighted by molar-refractivity contribution is 7.88. The van der Waals surface area contributed by atoms with E-state index in [1.54, 1.807) is 6.20 Å². The Labute approximate surface area is 169 Å². The molecule has 2 aliphatic rings. The van der Waals surface area contributed by atoms with Gasteiger partial charge in [0.15, 0.2) is 0 Å². The molecule has 4 heterocycles. The van der Waals surface area contributed by atoms with Crippen LogP contribution in [0.5, 0.6) is 0 Å². The van der Waals surface area contributed by atoms with Crippen LogP contribution in [-0.4, -0.2) is 90.0 Å². The van der Waals surface area contributed by atoms with Gasteiger partial charge in [-0.1, -0.05) is 0 Å². The fraction of sp³-hybridized carbons (Fsp3) is 0.667. The minimum atomic E-state index is -3.41. The molecular weight excluding hydrogens is 402 g/mol. The summed E-state index contributed by atoms with van der Waals surface area (Å²) >= 11 is 0. The second-order valence-electron chi connectivity index (χ2n) is 8.01. The number of aromatic nitrogens is 3. The molecule has 0 unspecified atom stereocenters. The minimum absolute atomic E-state index is 0.186. The van der Waals surface area contributed by atoms with E-state index in [2.05, 4.69) is 15.3 Å². The summed E-state index contributed by atoms with van der Waals surface area (Å²) in [6.07, 6.45) is 3.19. The van der Waals surface area contributed by atoms with Crippen molar-refractivity contribution in [1.29, 1.82) is 0 Å². The van der Waals surface area contributed by atoms with Crippen LogP contribution < -0.4 is 5.32 Å². The molecule has 11 heteroatoms. The van der Waals surface area contributed by atoms with E-state index in [0.717, 1.165) is 22.5 Å². The van der Waals surface area contributed by atoms with Crippen LogP contribution >= 0.6 is 0 Å². The van der Waals surface area contributed by atoms with E-state index in [1.807, 2.05) is 28.8 Å². The summed E-state index contributed by atoms with van der Waals surface area (Å²) in [5.74, 6) is 0.265. The standard InChI is InChI=1S/C18H26F2N6O2S/c1-24-6-5-16(14(20)10-24)26-8-3-12-9-21-18(23-17(12)26)22-15-4-7-25(11-13(15)19)29(2,27)28/h3,8-9,13-16H,4-7,10-11H2,1-2H3,(H,21,22,23)/t13-,14+,15-,16-/m1/s1. The summed E-state index contributed by atoms with van der Waals surface area (Å²) in [6.45, 7) is 1.25. The first-order valence-corrected chi connectivity index (χ1v) is 11.6. The van der Waals surface area contributed by atoms with Crippen molar-refractivity contribution in [3.8, 4) is 0 Å². The number of piperidine rings is 2. The van der Waals surface area contributed by atoms with Gasteiger partial charge >= 0.3 is 0 Å². The van der Waals surface area contributed by atoms with Crippen molar-refractivity contribution in [1.82, 2.24) is 23.7 Å². The predicted molar refractivity (Wildman–Crippen MR) is 107 cm³/mol. The first kappa shape index (κ1) is 20.4. The maximum atomic E-state index is 14.6. The molecule has 0 aromatic carbocycles. The van der Waals surface area contributed by atoms with Crippen LogP contribution in [0, 0.1) is 0 Å². The van der Waals surface area contributed by atoms with Crippen molar-refractivity contribution in [2.75, 3.05) is 44.8 Å². The molecule has 2 saturated heterocycles. The van der Waals surface area contributed by atoms with Gasteiger partial charge in [-0.2, -0.15) is 9.29 Å².